The van der Waals surface area contributed by atoms with Crippen LogP contribution in [0.4, 0.5) is 10.5 Å². The number of carbonyl (C=O) groups excluding carboxylic acids is 1. The van der Waals surface area contributed by atoms with Crippen molar-refractivity contribution >= 4 is 11.7 Å². The lowest BCUT2D eigenvalue weighted by Crippen LogP contribution is -2.44. The molecule has 5 atom stereocenters. The smallest absolute Gasteiger partial charge is 0.319 e. The van der Waals surface area contributed by atoms with Crippen LogP contribution in [0.5, 0.6) is 0 Å². The number of aliphatic hydroxyl groups excluding tert-OH is 1. The summed E-state index contributed by atoms with van der Waals surface area (Å²) in [5, 5.41) is 15.3. The topological polar surface area (TPSA) is 83.1 Å². The number of likely N-dealkylation sites (N-methyl/N-ethyl adjacent to an activating group) is 1. The number of anilines is 1. The van der Waals surface area contributed by atoms with Crippen LogP contribution in [-0.2, 0) is 22.6 Å². The Balaban J connectivity index is 1.30. The molecule has 43 heavy (non-hydrogen) atoms. The maximum absolute atomic E-state index is 12.5. The normalized spacial score (nSPS) is 20.9. The molecule has 2 amide bonds. The predicted molar refractivity (Wildman–Crippen MR) is 169 cm³/mol. The average Bonchev–Trinajstić information content (AvgIpc) is 3.05. The fraction of sp³-hybridized carbons (Fsp3) is 0.306. The van der Waals surface area contributed by atoms with Gasteiger partial charge < -0.3 is 25.2 Å². The molecule has 5 rings (SSSR count). The Labute approximate surface area is 254 Å². The van der Waals surface area contributed by atoms with Gasteiger partial charge in [0.15, 0.2) is 6.29 Å². The Kier molecular flexibility index (Phi) is 10.2. The van der Waals surface area contributed by atoms with E-state index in [-0.39, 0.29) is 36.8 Å². The number of rotatable bonds is 10. The van der Waals surface area contributed by atoms with Crippen LogP contribution in [0.2, 0.25) is 0 Å². The third-order valence-corrected chi connectivity index (χ3v) is 8.27. The summed E-state index contributed by atoms with van der Waals surface area (Å²) < 4.78 is 13.2. The van der Waals surface area contributed by atoms with Gasteiger partial charge >= 0.3 is 6.03 Å². The van der Waals surface area contributed by atoms with Crippen molar-refractivity contribution in [3.8, 4) is 0 Å². The van der Waals surface area contributed by atoms with Crippen molar-refractivity contribution in [2.75, 3.05) is 18.9 Å². The summed E-state index contributed by atoms with van der Waals surface area (Å²) in [6.07, 6.45) is -0.873. The number of hydrogen-bond acceptors (Lipinski definition) is 5. The van der Waals surface area contributed by atoms with Crippen molar-refractivity contribution in [1.29, 1.82) is 0 Å². The summed E-state index contributed by atoms with van der Waals surface area (Å²) in [4.78, 5) is 14.8. The van der Waals surface area contributed by atoms with Gasteiger partial charge in [-0.2, -0.15) is 0 Å². The van der Waals surface area contributed by atoms with E-state index in [9.17, 15) is 9.90 Å². The van der Waals surface area contributed by atoms with Crippen molar-refractivity contribution in [2.24, 2.45) is 5.92 Å². The van der Waals surface area contributed by atoms with E-state index in [1.807, 2.05) is 84.9 Å². The molecule has 1 aliphatic rings. The zero-order valence-corrected chi connectivity index (χ0v) is 25.0. The molecule has 0 unspecified atom stereocenters. The second-order valence-corrected chi connectivity index (χ2v) is 11.3. The van der Waals surface area contributed by atoms with Gasteiger partial charge in [0.2, 0.25) is 0 Å². The number of aliphatic hydroxyl groups is 1. The van der Waals surface area contributed by atoms with Crippen molar-refractivity contribution in [1.82, 2.24) is 10.2 Å². The first-order valence-corrected chi connectivity index (χ1v) is 14.9. The van der Waals surface area contributed by atoms with Gasteiger partial charge in [-0.05, 0) is 48.4 Å². The lowest BCUT2D eigenvalue weighted by atomic mass is 9.89. The molecule has 7 nitrogen and oxygen atoms in total. The van der Waals surface area contributed by atoms with Crippen LogP contribution in [-0.4, -0.2) is 35.7 Å². The zero-order valence-electron chi connectivity index (χ0n) is 25.0. The van der Waals surface area contributed by atoms with Crippen LogP contribution >= 0.6 is 0 Å². The van der Waals surface area contributed by atoms with Crippen molar-refractivity contribution in [3.63, 3.8) is 0 Å². The third-order valence-electron chi connectivity index (χ3n) is 8.27. The summed E-state index contributed by atoms with van der Waals surface area (Å²) in [7, 11) is 2.13. The minimum Gasteiger partial charge on any atom is -0.392 e. The highest BCUT2D eigenvalue weighted by atomic mass is 16.7. The Bertz CT molecular complexity index is 1430. The summed E-state index contributed by atoms with van der Waals surface area (Å²) in [6, 6.07) is 35.8. The van der Waals surface area contributed by atoms with Gasteiger partial charge in [-0.25, -0.2) is 4.79 Å². The molecule has 3 N–H and O–H groups in total. The highest BCUT2D eigenvalue weighted by Crippen LogP contribution is 2.42. The van der Waals surface area contributed by atoms with Crippen LogP contribution in [0.25, 0.3) is 0 Å². The predicted octanol–water partition coefficient (Wildman–Crippen LogP) is 6.99. The molecule has 4 aromatic carbocycles. The molecule has 0 aliphatic carbocycles. The molecule has 1 aliphatic heterocycles. The van der Waals surface area contributed by atoms with Crippen LogP contribution in [0.15, 0.2) is 109 Å². The number of benzene rings is 4. The Morgan fingerprint density at radius 3 is 2.12 bits per heavy atom. The summed E-state index contributed by atoms with van der Waals surface area (Å²) in [5.41, 5.74) is 5.77. The van der Waals surface area contributed by atoms with Gasteiger partial charge in [0, 0.05) is 36.3 Å². The molecular formula is C36H41N3O4. The monoisotopic (exact) mass is 579 g/mol. The fourth-order valence-electron chi connectivity index (χ4n) is 5.43. The second-order valence-electron chi connectivity index (χ2n) is 11.3. The lowest BCUT2D eigenvalue weighted by Gasteiger charge is -2.43. The van der Waals surface area contributed by atoms with Crippen LogP contribution in [0.3, 0.4) is 0 Å². The summed E-state index contributed by atoms with van der Waals surface area (Å²) in [6.45, 7) is 5.56. The molecule has 0 spiro atoms. The largest absolute Gasteiger partial charge is 0.392 e. The third kappa shape index (κ3) is 7.89. The second kappa shape index (κ2) is 14.4. The van der Waals surface area contributed by atoms with Gasteiger partial charge in [-0.3, -0.25) is 4.90 Å². The SMILES string of the molecule is C[C@H]1[C@@H](CN(C)[C@@H](C)c2ccccc2)O[C@@H](c2ccc(NC(=O)NCc3ccccc3)cc2)O[C@H]1c1ccc(CO)cc1. The van der Waals surface area contributed by atoms with E-state index >= 15 is 0 Å². The Morgan fingerprint density at radius 1 is 0.837 bits per heavy atom. The molecule has 4 aromatic rings. The first-order chi connectivity index (χ1) is 20.9. The number of urea groups is 1. The van der Waals surface area contributed by atoms with Crippen molar-refractivity contribution in [2.45, 2.75) is 51.5 Å². The number of hydrogen-bond donors (Lipinski definition) is 3. The highest BCUT2D eigenvalue weighted by Gasteiger charge is 2.39. The van der Waals surface area contributed by atoms with Gasteiger partial charge in [0.1, 0.15) is 0 Å². The summed E-state index contributed by atoms with van der Waals surface area (Å²) in [5.74, 6) is 0.0795. The van der Waals surface area contributed by atoms with E-state index in [0.717, 1.165) is 28.8 Å². The van der Waals surface area contributed by atoms with E-state index in [1.165, 1.54) is 5.56 Å². The standard InChI is InChI=1S/C36H41N3O4/c1-25-33(23-39(3)26(2)29-12-8-5-9-13-29)42-35(43-34(25)30-16-14-28(24-40)15-17-30)31-18-20-32(21-19-31)38-36(41)37-22-27-10-6-4-7-11-27/h4-21,25-26,33-35,40H,22-24H2,1-3H3,(H2,37,38,41)/t25-,26-,33+,34+,35+/m0/s1. The molecule has 7 heteroatoms. The first kappa shape index (κ1) is 30.4. The molecule has 0 radical (unpaired) electrons. The Morgan fingerprint density at radius 2 is 1.47 bits per heavy atom. The van der Waals surface area contributed by atoms with Gasteiger partial charge in [-0.15, -0.1) is 0 Å². The number of carbonyl (C=O) groups is 1. The van der Waals surface area contributed by atoms with E-state index in [2.05, 4.69) is 60.7 Å². The van der Waals surface area contributed by atoms with E-state index < -0.39 is 6.29 Å². The lowest BCUT2D eigenvalue weighted by molar-refractivity contribution is -0.276. The number of amides is 2. The molecular weight excluding hydrogens is 538 g/mol. The van der Waals surface area contributed by atoms with Crippen molar-refractivity contribution < 1.29 is 19.4 Å². The quantitative estimate of drug-likeness (QED) is 0.189. The van der Waals surface area contributed by atoms with Gasteiger partial charge in [0.05, 0.1) is 18.8 Å². The molecule has 0 saturated carbocycles. The molecule has 0 bridgehead atoms. The van der Waals surface area contributed by atoms with Crippen LogP contribution in [0.1, 0.15) is 60.1 Å². The maximum atomic E-state index is 12.5. The number of ether oxygens (including phenoxy) is 2. The molecule has 1 fully saturated rings. The maximum Gasteiger partial charge on any atom is 0.319 e. The highest BCUT2D eigenvalue weighted by molar-refractivity contribution is 5.89. The number of nitrogens with zero attached hydrogens (tertiary/aromatic N) is 1. The minimum absolute atomic E-state index is 0.00253. The Hall–Kier alpha value is -4.01. The summed E-state index contributed by atoms with van der Waals surface area (Å²) >= 11 is 0. The minimum atomic E-state index is -0.579. The van der Waals surface area contributed by atoms with Crippen LogP contribution < -0.4 is 10.6 Å². The van der Waals surface area contributed by atoms with E-state index in [1.54, 1.807) is 0 Å². The molecule has 1 heterocycles. The van der Waals surface area contributed by atoms with Gasteiger partial charge in [0.25, 0.3) is 0 Å². The van der Waals surface area contributed by atoms with E-state index in [4.69, 9.17) is 9.47 Å². The fourth-order valence-corrected chi connectivity index (χ4v) is 5.43. The molecule has 0 aromatic heterocycles. The van der Waals surface area contributed by atoms with Crippen LogP contribution in [0, 0.1) is 5.92 Å². The first-order valence-electron chi connectivity index (χ1n) is 14.9. The average molecular weight is 580 g/mol. The zero-order chi connectivity index (χ0) is 30.2. The van der Waals surface area contributed by atoms with Gasteiger partial charge in [-0.1, -0.05) is 104 Å². The number of nitrogens with one attached hydrogen (secondary N) is 2. The van der Waals surface area contributed by atoms with Crippen molar-refractivity contribution in [3.05, 3.63) is 137 Å². The molecule has 1 saturated heterocycles. The molecule has 224 valence electrons. The van der Waals surface area contributed by atoms with E-state index in [0.29, 0.717) is 12.2 Å².